The normalized spacial score (nSPS) is 12.1. The highest BCUT2D eigenvalue weighted by Crippen LogP contribution is 2.23. The topological polar surface area (TPSA) is 126 Å². The number of aliphatic carboxylic acids is 1. The van der Waals surface area contributed by atoms with Crippen molar-refractivity contribution >= 4 is 22.8 Å². The van der Waals surface area contributed by atoms with Gasteiger partial charge in [0.1, 0.15) is 6.04 Å². The molecule has 134 valence electrons. The van der Waals surface area contributed by atoms with Gasteiger partial charge in [-0.15, -0.1) is 0 Å². The minimum Gasteiger partial charge on any atom is -0.480 e. The second-order valence-corrected chi connectivity index (χ2v) is 5.84. The maximum Gasteiger partial charge on any atom is 0.326 e. The predicted molar refractivity (Wildman–Crippen MR) is 91.5 cm³/mol. The summed E-state index contributed by atoms with van der Waals surface area (Å²) in [5.74, 6) is -1.90. The van der Waals surface area contributed by atoms with E-state index in [0.717, 1.165) is 5.39 Å². The van der Waals surface area contributed by atoms with Crippen molar-refractivity contribution in [3.63, 3.8) is 0 Å². The number of rotatable bonds is 6. The highest BCUT2D eigenvalue weighted by atomic mass is 16.5. The molecule has 0 radical (unpaired) electrons. The number of benzene rings is 1. The van der Waals surface area contributed by atoms with E-state index in [1.165, 1.54) is 12.3 Å². The Morgan fingerprint density at radius 3 is 2.73 bits per heavy atom. The number of nitrogens with zero attached hydrogens (tertiary/aromatic N) is 2. The fourth-order valence-corrected chi connectivity index (χ4v) is 2.80. The van der Waals surface area contributed by atoms with Crippen LogP contribution >= 0.6 is 0 Å². The molecule has 3 aromatic rings. The van der Waals surface area contributed by atoms with Gasteiger partial charge in [0.25, 0.3) is 5.91 Å². The van der Waals surface area contributed by atoms with E-state index >= 15 is 0 Å². The van der Waals surface area contributed by atoms with Crippen LogP contribution in [0.4, 0.5) is 0 Å². The van der Waals surface area contributed by atoms with Gasteiger partial charge in [-0.05, 0) is 24.1 Å². The van der Waals surface area contributed by atoms with Crippen LogP contribution in [0.15, 0.2) is 41.1 Å². The number of nitrogens with one attached hydrogen (secondary N) is 1. The van der Waals surface area contributed by atoms with Crippen LogP contribution in [-0.2, 0) is 17.8 Å². The molecule has 2 heterocycles. The molecule has 0 aliphatic heterocycles. The van der Waals surface area contributed by atoms with Crippen LogP contribution in [0.3, 0.4) is 0 Å². The first-order chi connectivity index (χ1) is 12.5. The number of fused-ring (bicyclic) bond motifs is 1. The zero-order chi connectivity index (χ0) is 18.7. The number of aliphatic hydroxyl groups excluding tert-OH is 1. The number of hydrogen-bond donors (Lipinski definition) is 3. The molecule has 0 aliphatic carbocycles. The Labute approximate surface area is 148 Å². The Bertz CT molecular complexity index is 953. The first-order valence-corrected chi connectivity index (χ1v) is 7.93. The van der Waals surface area contributed by atoms with E-state index in [1.807, 2.05) is 6.07 Å². The summed E-state index contributed by atoms with van der Waals surface area (Å²) in [6.07, 6.45) is 1.34. The molecule has 0 fully saturated rings. The van der Waals surface area contributed by atoms with Gasteiger partial charge in [-0.3, -0.25) is 9.78 Å². The van der Waals surface area contributed by atoms with Gasteiger partial charge in [-0.2, -0.15) is 0 Å². The van der Waals surface area contributed by atoms with E-state index in [4.69, 9.17) is 4.52 Å². The highest BCUT2D eigenvalue weighted by molar-refractivity contribution is 5.94. The van der Waals surface area contributed by atoms with Crippen LogP contribution in [0.1, 0.15) is 27.4 Å². The SMILES string of the molecule is Cc1cc(CO)c2cccc(C[C@H](NC(=O)c3ccno3)C(=O)O)c2n1. The molecule has 0 saturated carbocycles. The quantitative estimate of drug-likeness (QED) is 0.611. The molecular formula is C18H17N3O5. The minimum atomic E-state index is -1.18. The Morgan fingerprint density at radius 2 is 2.08 bits per heavy atom. The van der Waals surface area contributed by atoms with Crippen molar-refractivity contribution in [2.75, 3.05) is 0 Å². The number of aryl methyl sites for hydroxylation is 1. The summed E-state index contributed by atoms with van der Waals surface area (Å²) in [6, 6.07) is 7.31. The largest absolute Gasteiger partial charge is 0.480 e. The lowest BCUT2D eigenvalue weighted by molar-refractivity contribution is -0.139. The predicted octanol–water partition coefficient (Wildman–Crippen LogP) is 1.45. The molecule has 1 amide bonds. The molecule has 8 nitrogen and oxygen atoms in total. The maximum atomic E-state index is 12.1. The Balaban J connectivity index is 1.93. The van der Waals surface area contributed by atoms with Gasteiger partial charge in [-0.1, -0.05) is 23.4 Å². The number of aromatic nitrogens is 2. The second-order valence-electron chi connectivity index (χ2n) is 5.84. The summed E-state index contributed by atoms with van der Waals surface area (Å²) in [6.45, 7) is 1.66. The van der Waals surface area contributed by atoms with Crippen molar-refractivity contribution in [3.05, 3.63) is 59.1 Å². The van der Waals surface area contributed by atoms with E-state index < -0.39 is 17.9 Å². The van der Waals surface area contributed by atoms with Gasteiger partial charge < -0.3 is 20.1 Å². The number of carboxylic acid groups (broad SMARTS) is 1. The molecule has 2 aromatic heterocycles. The first kappa shape index (κ1) is 17.6. The zero-order valence-electron chi connectivity index (χ0n) is 14.0. The van der Waals surface area contributed by atoms with E-state index in [-0.39, 0.29) is 18.8 Å². The summed E-state index contributed by atoms with van der Waals surface area (Å²) < 4.78 is 4.75. The summed E-state index contributed by atoms with van der Waals surface area (Å²) in [5.41, 5.74) is 2.70. The average molecular weight is 355 g/mol. The zero-order valence-corrected chi connectivity index (χ0v) is 14.0. The van der Waals surface area contributed by atoms with Crippen LogP contribution in [0, 0.1) is 6.92 Å². The summed E-state index contributed by atoms with van der Waals surface area (Å²) >= 11 is 0. The molecule has 0 bridgehead atoms. The fourth-order valence-electron chi connectivity index (χ4n) is 2.80. The van der Waals surface area contributed by atoms with E-state index in [1.54, 1.807) is 25.1 Å². The molecule has 0 saturated heterocycles. The Hall–Kier alpha value is -3.26. The Kier molecular flexibility index (Phi) is 4.94. The molecule has 3 N–H and O–H groups in total. The van der Waals surface area contributed by atoms with Crippen LogP contribution in [-0.4, -0.2) is 38.3 Å². The number of carboxylic acids is 1. The highest BCUT2D eigenvalue weighted by Gasteiger charge is 2.24. The molecule has 3 rings (SSSR count). The number of aliphatic hydroxyl groups is 1. The van der Waals surface area contributed by atoms with Gasteiger partial charge >= 0.3 is 5.97 Å². The van der Waals surface area contributed by atoms with Gasteiger partial charge in [0.2, 0.25) is 5.76 Å². The van der Waals surface area contributed by atoms with Crippen molar-refractivity contribution in [1.82, 2.24) is 15.5 Å². The van der Waals surface area contributed by atoms with Crippen LogP contribution in [0.5, 0.6) is 0 Å². The summed E-state index contributed by atoms with van der Waals surface area (Å²) in [4.78, 5) is 28.2. The smallest absolute Gasteiger partial charge is 0.326 e. The molecule has 0 aliphatic rings. The van der Waals surface area contributed by atoms with E-state index in [2.05, 4.69) is 15.5 Å². The van der Waals surface area contributed by atoms with Gasteiger partial charge in [-0.25, -0.2) is 4.79 Å². The number of carbonyl (C=O) groups excluding carboxylic acids is 1. The van der Waals surface area contributed by atoms with Gasteiger partial charge in [0, 0.05) is 23.6 Å². The third-order valence-corrected chi connectivity index (χ3v) is 4.00. The van der Waals surface area contributed by atoms with Crippen molar-refractivity contribution in [2.24, 2.45) is 0 Å². The summed E-state index contributed by atoms with van der Waals surface area (Å²) in [5, 5.41) is 25.6. The lowest BCUT2D eigenvalue weighted by atomic mass is 9.99. The van der Waals surface area contributed by atoms with Crippen molar-refractivity contribution in [2.45, 2.75) is 26.0 Å². The average Bonchev–Trinajstić information content (AvgIpc) is 3.15. The number of hydrogen-bond acceptors (Lipinski definition) is 6. The Morgan fingerprint density at radius 1 is 1.27 bits per heavy atom. The first-order valence-electron chi connectivity index (χ1n) is 7.93. The molecule has 1 aromatic carbocycles. The minimum absolute atomic E-state index is 0.0356. The third kappa shape index (κ3) is 3.55. The van der Waals surface area contributed by atoms with Crippen molar-refractivity contribution < 1.29 is 24.3 Å². The van der Waals surface area contributed by atoms with Crippen LogP contribution in [0.2, 0.25) is 0 Å². The van der Waals surface area contributed by atoms with Crippen molar-refractivity contribution in [1.29, 1.82) is 0 Å². The van der Waals surface area contributed by atoms with E-state index in [9.17, 15) is 19.8 Å². The number of pyridine rings is 1. The molecule has 0 spiro atoms. The monoisotopic (exact) mass is 355 g/mol. The van der Waals surface area contributed by atoms with Gasteiger partial charge in [0.15, 0.2) is 0 Å². The number of para-hydroxylation sites is 1. The molecule has 26 heavy (non-hydrogen) atoms. The van der Waals surface area contributed by atoms with Crippen LogP contribution < -0.4 is 5.32 Å². The van der Waals surface area contributed by atoms with Crippen molar-refractivity contribution in [3.8, 4) is 0 Å². The standard InChI is InChI=1S/C18H17N3O5/c1-10-7-12(9-22)13-4-2-3-11(16(13)20-10)8-14(18(24)25)21-17(23)15-5-6-19-26-15/h2-7,14,22H,8-9H2,1H3,(H,21,23)(H,24,25)/t14-/m0/s1. The molecule has 1 atom stereocenters. The lowest BCUT2D eigenvalue weighted by Gasteiger charge is -2.16. The fraction of sp³-hybridized carbons (Fsp3) is 0.222. The maximum absolute atomic E-state index is 12.1. The van der Waals surface area contributed by atoms with Crippen LogP contribution in [0.25, 0.3) is 10.9 Å². The van der Waals surface area contributed by atoms with Gasteiger partial charge in [0.05, 0.1) is 18.3 Å². The molecule has 8 heteroatoms. The second kappa shape index (κ2) is 7.32. The number of carbonyl (C=O) groups is 2. The lowest BCUT2D eigenvalue weighted by Crippen LogP contribution is -2.42. The summed E-state index contributed by atoms with van der Waals surface area (Å²) in [7, 11) is 0. The van der Waals surface area contributed by atoms with E-state index in [0.29, 0.717) is 22.3 Å². The molecular weight excluding hydrogens is 338 g/mol. The third-order valence-electron chi connectivity index (χ3n) is 4.00. The number of amides is 1. The molecule has 0 unspecified atom stereocenters.